The van der Waals surface area contributed by atoms with Crippen LogP contribution in [0.25, 0.3) is 0 Å². The number of anilines is 1. The third kappa shape index (κ3) is 3.16. The lowest BCUT2D eigenvalue weighted by atomic mass is 10.1. The Bertz CT molecular complexity index is 667. The first-order chi connectivity index (χ1) is 10.2. The number of benzene rings is 2. The molecule has 108 valence electrons. The van der Waals surface area contributed by atoms with Gasteiger partial charge >= 0.3 is 0 Å². The van der Waals surface area contributed by atoms with Crippen LogP contribution in [0.3, 0.4) is 0 Å². The number of Topliss-reactive ketones (excluding diaryl/α,β-unsaturated/α-hetero) is 1. The van der Waals surface area contributed by atoms with Crippen LogP contribution in [0.5, 0.6) is 11.5 Å². The molecule has 1 heterocycles. The van der Waals surface area contributed by atoms with E-state index in [1.807, 2.05) is 31.2 Å². The molecule has 0 atom stereocenters. The molecule has 1 N–H and O–H groups in total. The van der Waals surface area contributed by atoms with Crippen LogP contribution in [0.2, 0.25) is 0 Å². The highest BCUT2D eigenvalue weighted by Gasteiger charge is 2.14. The molecule has 2 aromatic rings. The second-order valence-corrected chi connectivity index (χ2v) is 5.00. The van der Waals surface area contributed by atoms with E-state index in [1.54, 1.807) is 18.2 Å². The van der Waals surface area contributed by atoms with Crippen LogP contribution in [0.15, 0.2) is 42.5 Å². The van der Waals surface area contributed by atoms with Crippen molar-refractivity contribution in [1.29, 1.82) is 0 Å². The summed E-state index contributed by atoms with van der Waals surface area (Å²) in [5.74, 6) is 1.36. The lowest BCUT2D eigenvalue weighted by molar-refractivity contribution is 0.100. The Morgan fingerprint density at radius 3 is 2.71 bits per heavy atom. The van der Waals surface area contributed by atoms with Gasteiger partial charge in [-0.1, -0.05) is 12.1 Å². The van der Waals surface area contributed by atoms with Crippen molar-refractivity contribution in [3.8, 4) is 11.5 Å². The number of hydrogen-bond acceptors (Lipinski definition) is 4. The zero-order valence-corrected chi connectivity index (χ0v) is 11.9. The Balaban J connectivity index is 1.68. The lowest BCUT2D eigenvalue weighted by Crippen LogP contribution is -2.17. The summed E-state index contributed by atoms with van der Waals surface area (Å²) in [5.41, 5.74) is 2.73. The van der Waals surface area contributed by atoms with Crippen LogP contribution >= 0.6 is 0 Å². The van der Waals surface area contributed by atoms with Gasteiger partial charge in [0.2, 0.25) is 0 Å². The number of ketones is 1. The molecule has 2 aromatic carbocycles. The average molecular weight is 283 g/mol. The predicted octanol–water partition coefficient (Wildman–Crippen LogP) is 3.06. The molecule has 21 heavy (non-hydrogen) atoms. The van der Waals surface area contributed by atoms with Crippen molar-refractivity contribution < 1.29 is 14.3 Å². The van der Waals surface area contributed by atoms with Gasteiger partial charge in [-0.3, -0.25) is 4.79 Å². The van der Waals surface area contributed by atoms with Crippen LogP contribution in [-0.2, 0) is 0 Å². The van der Waals surface area contributed by atoms with E-state index in [1.165, 1.54) is 0 Å². The van der Waals surface area contributed by atoms with Gasteiger partial charge in [-0.05, 0) is 42.8 Å². The van der Waals surface area contributed by atoms with Gasteiger partial charge in [-0.2, -0.15) is 0 Å². The molecule has 1 aliphatic heterocycles. The summed E-state index contributed by atoms with van der Waals surface area (Å²) in [4.78, 5) is 12.2. The van der Waals surface area contributed by atoms with E-state index in [4.69, 9.17) is 9.47 Å². The molecular formula is C17H17NO3. The maximum Gasteiger partial charge on any atom is 0.181 e. The molecule has 4 nitrogen and oxygen atoms in total. The minimum absolute atomic E-state index is 0.0217. The van der Waals surface area contributed by atoms with Crippen molar-refractivity contribution in [3.05, 3.63) is 53.6 Å². The normalized spacial score (nSPS) is 12.8. The molecule has 3 rings (SSSR count). The second kappa shape index (κ2) is 5.87. The summed E-state index contributed by atoms with van der Waals surface area (Å²) in [6.07, 6.45) is 0. The Morgan fingerprint density at radius 1 is 1.10 bits per heavy atom. The van der Waals surface area contributed by atoms with Gasteiger partial charge in [-0.15, -0.1) is 0 Å². The van der Waals surface area contributed by atoms with E-state index in [0.29, 0.717) is 30.3 Å². The fourth-order valence-electron chi connectivity index (χ4n) is 2.26. The minimum atomic E-state index is 0.0217. The van der Waals surface area contributed by atoms with Crippen molar-refractivity contribution in [2.75, 3.05) is 25.1 Å². The summed E-state index contributed by atoms with van der Waals surface area (Å²) >= 11 is 0. The van der Waals surface area contributed by atoms with Crippen LogP contribution in [0, 0.1) is 6.92 Å². The summed E-state index contributed by atoms with van der Waals surface area (Å²) in [6.45, 7) is 3.35. The average Bonchev–Trinajstić information content (AvgIpc) is 2.52. The lowest BCUT2D eigenvalue weighted by Gasteiger charge is -2.18. The highest BCUT2D eigenvalue weighted by atomic mass is 16.6. The Hall–Kier alpha value is -2.49. The van der Waals surface area contributed by atoms with Crippen molar-refractivity contribution in [2.24, 2.45) is 0 Å². The van der Waals surface area contributed by atoms with E-state index in [2.05, 4.69) is 5.32 Å². The van der Waals surface area contributed by atoms with Gasteiger partial charge in [0.15, 0.2) is 17.3 Å². The zero-order chi connectivity index (χ0) is 14.7. The van der Waals surface area contributed by atoms with Crippen molar-refractivity contribution in [3.63, 3.8) is 0 Å². The van der Waals surface area contributed by atoms with Crippen molar-refractivity contribution >= 4 is 11.5 Å². The molecule has 0 amide bonds. The quantitative estimate of drug-likeness (QED) is 0.876. The van der Waals surface area contributed by atoms with E-state index in [-0.39, 0.29) is 12.3 Å². The first-order valence-electron chi connectivity index (χ1n) is 6.96. The molecule has 0 fully saturated rings. The first kappa shape index (κ1) is 13.5. The van der Waals surface area contributed by atoms with Crippen molar-refractivity contribution in [1.82, 2.24) is 0 Å². The summed E-state index contributed by atoms with van der Waals surface area (Å²) in [5, 5.41) is 3.14. The van der Waals surface area contributed by atoms with E-state index >= 15 is 0 Å². The van der Waals surface area contributed by atoms with E-state index < -0.39 is 0 Å². The molecule has 4 heteroatoms. The topological polar surface area (TPSA) is 47.6 Å². The molecule has 0 saturated carbocycles. The fraction of sp³-hybridized carbons (Fsp3) is 0.235. The third-order valence-corrected chi connectivity index (χ3v) is 3.34. The zero-order valence-electron chi connectivity index (χ0n) is 11.9. The van der Waals surface area contributed by atoms with Crippen LogP contribution in [0.4, 0.5) is 5.69 Å². The maximum atomic E-state index is 12.2. The number of rotatable bonds is 4. The number of carbonyl (C=O) groups is 1. The number of ether oxygens (including phenoxy) is 2. The van der Waals surface area contributed by atoms with Gasteiger partial charge < -0.3 is 14.8 Å². The number of fused-ring (bicyclic) bond motifs is 1. The van der Waals surface area contributed by atoms with Crippen LogP contribution < -0.4 is 14.8 Å². The monoisotopic (exact) mass is 283 g/mol. The molecule has 1 aliphatic rings. The SMILES string of the molecule is Cc1cccc(NCC(=O)c2ccc3c(c2)OCCO3)c1. The number of nitrogens with one attached hydrogen (secondary N) is 1. The Labute approximate surface area is 123 Å². The first-order valence-corrected chi connectivity index (χ1v) is 6.96. The van der Waals surface area contributed by atoms with Gasteiger partial charge in [0.25, 0.3) is 0 Å². The minimum Gasteiger partial charge on any atom is -0.486 e. The molecule has 0 bridgehead atoms. The second-order valence-electron chi connectivity index (χ2n) is 5.00. The molecule has 0 saturated heterocycles. The van der Waals surface area contributed by atoms with Gasteiger partial charge in [0.1, 0.15) is 13.2 Å². The molecule has 0 aromatic heterocycles. The highest BCUT2D eigenvalue weighted by Crippen LogP contribution is 2.30. The number of carbonyl (C=O) groups excluding carboxylic acids is 1. The fourth-order valence-corrected chi connectivity index (χ4v) is 2.26. The summed E-state index contributed by atoms with van der Waals surface area (Å²) in [6, 6.07) is 13.2. The third-order valence-electron chi connectivity index (χ3n) is 3.34. The van der Waals surface area contributed by atoms with E-state index in [0.717, 1.165) is 11.3 Å². The molecule has 0 unspecified atom stereocenters. The number of aryl methyl sites for hydroxylation is 1. The van der Waals surface area contributed by atoms with Gasteiger partial charge in [-0.25, -0.2) is 0 Å². The van der Waals surface area contributed by atoms with Crippen molar-refractivity contribution in [2.45, 2.75) is 6.92 Å². The molecule has 0 radical (unpaired) electrons. The Kier molecular flexibility index (Phi) is 3.77. The van der Waals surface area contributed by atoms with Crippen LogP contribution in [-0.4, -0.2) is 25.5 Å². The smallest absolute Gasteiger partial charge is 0.181 e. The molecular weight excluding hydrogens is 266 g/mol. The van der Waals surface area contributed by atoms with Crippen LogP contribution in [0.1, 0.15) is 15.9 Å². The molecule has 0 spiro atoms. The maximum absolute atomic E-state index is 12.2. The summed E-state index contributed by atoms with van der Waals surface area (Å²) < 4.78 is 10.9. The Morgan fingerprint density at radius 2 is 1.90 bits per heavy atom. The van der Waals surface area contributed by atoms with Gasteiger partial charge in [0, 0.05) is 11.3 Å². The highest BCUT2D eigenvalue weighted by molar-refractivity contribution is 5.99. The van der Waals surface area contributed by atoms with Gasteiger partial charge in [0.05, 0.1) is 6.54 Å². The van der Waals surface area contributed by atoms with E-state index in [9.17, 15) is 4.79 Å². The molecule has 0 aliphatic carbocycles. The predicted molar refractivity (Wildman–Crippen MR) is 81.4 cm³/mol. The summed E-state index contributed by atoms with van der Waals surface area (Å²) in [7, 11) is 0. The largest absolute Gasteiger partial charge is 0.486 e. The standard InChI is InChI=1S/C17H17NO3/c1-12-3-2-4-14(9-12)18-11-15(19)13-5-6-16-17(10-13)21-8-7-20-16/h2-6,9-10,18H,7-8,11H2,1H3. The number of hydrogen-bond donors (Lipinski definition) is 1.